The Morgan fingerprint density at radius 1 is 0.389 bits per heavy atom. The van der Waals surface area contributed by atoms with E-state index in [-0.39, 0.29) is 18.5 Å². The van der Waals surface area contributed by atoms with E-state index < -0.39 is 5.97 Å². The first-order valence-electron chi connectivity index (χ1n) is 24.3. The first-order valence-corrected chi connectivity index (χ1v) is 24.3. The number of hydrogen-bond donors (Lipinski definition) is 1. The molecule has 0 aliphatic rings. The molecule has 1 atom stereocenters. The van der Waals surface area contributed by atoms with Crippen molar-refractivity contribution in [2.45, 2.75) is 283 Å². The van der Waals surface area contributed by atoms with Crippen molar-refractivity contribution >= 4 is 11.9 Å². The Labute approximate surface area is 337 Å². The Kier molecular flexibility index (Phi) is 44.5. The van der Waals surface area contributed by atoms with Crippen LogP contribution in [-0.4, -0.2) is 23.1 Å². The molecule has 4 nitrogen and oxygen atoms in total. The van der Waals surface area contributed by atoms with Crippen molar-refractivity contribution in [2.24, 2.45) is 0 Å². The minimum Gasteiger partial charge on any atom is -0.481 e. The molecule has 0 saturated heterocycles. The van der Waals surface area contributed by atoms with Gasteiger partial charge in [-0.15, -0.1) is 0 Å². The molecule has 0 spiro atoms. The van der Waals surface area contributed by atoms with E-state index in [1.807, 2.05) is 0 Å². The molecule has 0 heterocycles. The third-order valence-electron chi connectivity index (χ3n) is 11.1. The van der Waals surface area contributed by atoms with Crippen LogP contribution in [0.5, 0.6) is 0 Å². The van der Waals surface area contributed by atoms with Crippen LogP contribution in [0.1, 0.15) is 277 Å². The van der Waals surface area contributed by atoms with Crippen molar-refractivity contribution in [2.75, 3.05) is 0 Å². The minimum atomic E-state index is -0.700. The number of rotatable bonds is 45. The summed E-state index contributed by atoms with van der Waals surface area (Å²) in [5.74, 6) is -0.702. The molecule has 0 rings (SSSR count). The number of carboxylic acids is 1. The molecule has 0 amide bonds. The van der Waals surface area contributed by atoms with Gasteiger partial charge in [-0.25, -0.2) is 0 Å². The number of ether oxygens (including phenoxy) is 1. The third kappa shape index (κ3) is 44.8. The standard InChI is InChI=1S/C50H94O4/c1-3-5-7-9-11-13-15-17-19-20-21-22-23-24-26-28-30-32-34-39-43-47-50(53)54-48(45-41-37-35-38-42-46-49(51)52)44-40-36-33-31-29-27-25-18-16-14-12-10-8-6-4-2/h20-21,27,29,48H,3-19,22-26,28,30-47H2,1-2H3,(H,51,52)/b21-20-,29-27-. The van der Waals surface area contributed by atoms with E-state index in [0.29, 0.717) is 6.42 Å². The number of carbonyl (C=O) groups is 2. The maximum absolute atomic E-state index is 12.8. The van der Waals surface area contributed by atoms with Crippen LogP contribution in [0.25, 0.3) is 0 Å². The Morgan fingerprint density at radius 3 is 1.02 bits per heavy atom. The van der Waals surface area contributed by atoms with Crippen molar-refractivity contribution < 1.29 is 19.4 Å². The number of unbranched alkanes of at least 4 members (excludes halogenated alkanes) is 32. The van der Waals surface area contributed by atoms with Gasteiger partial charge in [0.2, 0.25) is 0 Å². The molecular weight excluding hydrogens is 665 g/mol. The van der Waals surface area contributed by atoms with Gasteiger partial charge >= 0.3 is 11.9 Å². The van der Waals surface area contributed by atoms with Crippen LogP contribution in [0.3, 0.4) is 0 Å². The summed E-state index contributed by atoms with van der Waals surface area (Å²) in [5.41, 5.74) is 0. The topological polar surface area (TPSA) is 63.6 Å². The molecule has 1 unspecified atom stereocenters. The Hall–Kier alpha value is -1.58. The maximum atomic E-state index is 12.8. The molecule has 0 saturated carbocycles. The summed E-state index contributed by atoms with van der Waals surface area (Å²) in [6, 6.07) is 0. The largest absolute Gasteiger partial charge is 0.481 e. The second-order valence-electron chi connectivity index (χ2n) is 16.6. The van der Waals surface area contributed by atoms with Crippen molar-refractivity contribution in [3.8, 4) is 0 Å². The van der Waals surface area contributed by atoms with Gasteiger partial charge in [0.1, 0.15) is 6.10 Å². The van der Waals surface area contributed by atoms with Crippen LogP contribution in [0.2, 0.25) is 0 Å². The van der Waals surface area contributed by atoms with Gasteiger partial charge in [-0.1, -0.05) is 199 Å². The zero-order valence-corrected chi connectivity index (χ0v) is 36.6. The molecule has 4 heteroatoms. The van der Waals surface area contributed by atoms with E-state index >= 15 is 0 Å². The number of carboxylic acid groups (broad SMARTS) is 1. The highest BCUT2D eigenvalue weighted by molar-refractivity contribution is 5.69. The molecule has 0 aliphatic heterocycles. The van der Waals surface area contributed by atoms with E-state index in [4.69, 9.17) is 9.84 Å². The Morgan fingerprint density at radius 2 is 0.667 bits per heavy atom. The quantitative estimate of drug-likeness (QED) is 0.0382. The van der Waals surface area contributed by atoms with E-state index in [1.165, 1.54) is 180 Å². The smallest absolute Gasteiger partial charge is 0.306 e. The van der Waals surface area contributed by atoms with Crippen molar-refractivity contribution in [3.63, 3.8) is 0 Å². The molecule has 0 aliphatic carbocycles. The van der Waals surface area contributed by atoms with Crippen LogP contribution in [0.15, 0.2) is 24.3 Å². The molecule has 318 valence electrons. The van der Waals surface area contributed by atoms with E-state index in [0.717, 1.165) is 70.6 Å². The zero-order valence-electron chi connectivity index (χ0n) is 36.6. The van der Waals surface area contributed by atoms with Crippen molar-refractivity contribution in [1.82, 2.24) is 0 Å². The second-order valence-corrected chi connectivity index (χ2v) is 16.6. The molecule has 0 aromatic rings. The highest BCUT2D eigenvalue weighted by atomic mass is 16.5. The van der Waals surface area contributed by atoms with Gasteiger partial charge in [-0.05, 0) is 89.9 Å². The van der Waals surface area contributed by atoms with Gasteiger partial charge in [0, 0.05) is 12.8 Å². The van der Waals surface area contributed by atoms with Gasteiger partial charge in [-0.2, -0.15) is 0 Å². The number of aliphatic carboxylic acids is 1. The van der Waals surface area contributed by atoms with Crippen LogP contribution < -0.4 is 0 Å². The number of allylic oxidation sites excluding steroid dienone is 4. The van der Waals surface area contributed by atoms with Crippen LogP contribution in [-0.2, 0) is 14.3 Å². The van der Waals surface area contributed by atoms with E-state index in [2.05, 4.69) is 38.2 Å². The summed E-state index contributed by atoms with van der Waals surface area (Å²) in [7, 11) is 0. The lowest BCUT2D eigenvalue weighted by Crippen LogP contribution is -2.18. The summed E-state index contributed by atoms with van der Waals surface area (Å²) < 4.78 is 6.04. The molecule has 54 heavy (non-hydrogen) atoms. The molecule has 0 fully saturated rings. The fourth-order valence-corrected chi connectivity index (χ4v) is 7.53. The monoisotopic (exact) mass is 759 g/mol. The van der Waals surface area contributed by atoms with Crippen LogP contribution in [0, 0.1) is 0 Å². The van der Waals surface area contributed by atoms with Gasteiger partial charge < -0.3 is 9.84 Å². The maximum Gasteiger partial charge on any atom is 0.306 e. The SMILES string of the molecule is CCCCCCCCCC/C=C\CCCCCCCCCCCC(=O)OC(CCCCC/C=C\CCCCCCCCCC)CCCCCCCC(=O)O. The van der Waals surface area contributed by atoms with Crippen molar-refractivity contribution in [1.29, 1.82) is 0 Å². The number of hydrogen-bond acceptors (Lipinski definition) is 3. The lowest BCUT2D eigenvalue weighted by molar-refractivity contribution is -0.150. The van der Waals surface area contributed by atoms with Crippen LogP contribution >= 0.6 is 0 Å². The summed E-state index contributed by atoms with van der Waals surface area (Å²) in [6.07, 6.45) is 59.4. The minimum absolute atomic E-state index is 0.00259. The third-order valence-corrected chi connectivity index (χ3v) is 11.1. The molecule has 0 radical (unpaired) electrons. The predicted octanol–water partition coefficient (Wildman–Crippen LogP) is 17.1. The average molecular weight is 759 g/mol. The molecule has 0 bridgehead atoms. The first-order chi connectivity index (χ1) is 26.6. The fourth-order valence-electron chi connectivity index (χ4n) is 7.53. The second kappa shape index (κ2) is 45.8. The normalized spacial score (nSPS) is 12.3. The summed E-state index contributed by atoms with van der Waals surface area (Å²) in [4.78, 5) is 23.5. The van der Waals surface area contributed by atoms with E-state index in [9.17, 15) is 9.59 Å². The molecule has 1 N–H and O–H groups in total. The summed E-state index contributed by atoms with van der Waals surface area (Å²) >= 11 is 0. The lowest BCUT2D eigenvalue weighted by atomic mass is 10.0. The van der Waals surface area contributed by atoms with Gasteiger partial charge in [0.25, 0.3) is 0 Å². The molecule has 0 aromatic carbocycles. The van der Waals surface area contributed by atoms with Crippen LogP contribution in [0.4, 0.5) is 0 Å². The molecular formula is C50H94O4. The lowest BCUT2D eigenvalue weighted by Gasteiger charge is -2.18. The highest BCUT2D eigenvalue weighted by Gasteiger charge is 2.14. The van der Waals surface area contributed by atoms with Crippen molar-refractivity contribution in [3.05, 3.63) is 24.3 Å². The number of carbonyl (C=O) groups excluding carboxylic acids is 1. The Bertz CT molecular complexity index is 817. The predicted molar refractivity (Wildman–Crippen MR) is 236 cm³/mol. The highest BCUT2D eigenvalue weighted by Crippen LogP contribution is 2.19. The van der Waals surface area contributed by atoms with Gasteiger partial charge in [0.05, 0.1) is 0 Å². The van der Waals surface area contributed by atoms with Gasteiger partial charge in [0.15, 0.2) is 0 Å². The first kappa shape index (κ1) is 52.4. The fraction of sp³-hybridized carbons (Fsp3) is 0.880. The number of esters is 1. The van der Waals surface area contributed by atoms with E-state index in [1.54, 1.807) is 0 Å². The molecule has 0 aromatic heterocycles. The zero-order chi connectivity index (χ0) is 39.3. The Balaban J connectivity index is 3.95. The van der Waals surface area contributed by atoms with Gasteiger partial charge in [-0.3, -0.25) is 9.59 Å². The average Bonchev–Trinajstić information content (AvgIpc) is 3.16. The summed E-state index contributed by atoms with van der Waals surface area (Å²) in [6.45, 7) is 4.57. The summed E-state index contributed by atoms with van der Waals surface area (Å²) in [5, 5.41) is 8.86.